The van der Waals surface area contributed by atoms with Crippen molar-refractivity contribution in [3.05, 3.63) is 9.28 Å². The van der Waals surface area contributed by atoms with Crippen LogP contribution in [0.5, 0.6) is 0 Å². The molecule has 1 aliphatic heterocycles. The van der Waals surface area contributed by atoms with Crippen molar-refractivity contribution in [3.8, 4) is 0 Å². The van der Waals surface area contributed by atoms with Crippen molar-refractivity contribution in [2.24, 2.45) is 0 Å². The number of carbonyl (C=O) groups is 2. The molecule has 0 aliphatic carbocycles. The molecule has 0 aromatic heterocycles. The van der Waals surface area contributed by atoms with Crippen LogP contribution in [0.4, 0.5) is 4.79 Å². The maximum absolute atomic E-state index is 12.1. The summed E-state index contributed by atoms with van der Waals surface area (Å²) in [5.74, 6) is 0.124. The van der Waals surface area contributed by atoms with Crippen LogP contribution in [0.15, 0.2) is 9.28 Å². The van der Waals surface area contributed by atoms with E-state index in [0.717, 1.165) is 18.5 Å². The first-order valence-corrected chi connectivity index (χ1v) is 7.26. The van der Waals surface area contributed by atoms with Gasteiger partial charge in [0.25, 0.3) is 0 Å². The van der Waals surface area contributed by atoms with Crippen molar-refractivity contribution in [2.75, 3.05) is 6.54 Å². The van der Waals surface area contributed by atoms with Gasteiger partial charge in [-0.05, 0) is 49.8 Å². The third-order valence-corrected chi connectivity index (χ3v) is 3.71. The van der Waals surface area contributed by atoms with Crippen LogP contribution in [-0.2, 0) is 9.53 Å². The second-order valence-electron chi connectivity index (χ2n) is 5.32. The van der Waals surface area contributed by atoms with Gasteiger partial charge in [0.2, 0.25) is 0 Å². The highest BCUT2D eigenvalue weighted by molar-refractivity contribution is 14.1. The van der Waals surface area contributed by atoms with Gasteiger partial charge in [0.05, 0.1) is 3.58 Å². The summed E-state index contributed by atoms with van der Waals surface area (Å²) in [4.78, 5) is 25.4. The van der Waals surface area contributed by atoms with Gasteiger partial charge in [-0.15, -0.1) is 0 Å². The Hall–Kier alpha value is -0.590. The molecule has 0 aromatic rings. The molecular weight excluding hydrogens is 345 g/mol. The number of hydrogen-bond donors (Lipinski definition) is 0. The maximum Gasteiger partial charge on any atom is 0.414 e. The van der Waals surface area contributed by atoms with E-state index in [-0.39, 0.29) is 11.9 Å². The van der Waals surface area contributed by atoms with E-state index in [2.05, 4.69) is 0 Å². The Morgan fingerprint density at radius 2 is 2.06 bits per heavy atom. The van der Waals surface area contributed by atoms with Gasteiger partial charge in [0.1, 0.15) is 5.60 Å². The van der Waals surface area contributed by atoms with Crippen molar-refractivity contribution in [1.82, 2.24) is 4.90 Å². The van der Waals surface area contributed by atoms with E-state index in [1.807, 2.05) is 50.3 Å². The summed E-state index contributed by atoms with van der Waals surface area (Å²) in [6.45, 7) is 7.98. The Morgan fingerprint density at radius 1 is 1.44 bits per heavy atom. The second-order valence-corrected chi connectivity index (χ2v) is 6.39. The van der Waals surface area contributed by atoms with Gasteiger partial charge in [0, 0.05) is 18.7 Å². The first kappa shape index (κ1) is 15.5. The number of hydrogen-bond acceptors (Lipinski definition) is 3. The van der Waals surface area contributed by atoms with Crippen LogP contribution >= 0.6 is 22.6 Å². The fraction of sp³-hybridized carbons (Fsp3) is 0.692. The van der Waals surface area contributed by atoms with E-state index in [1.54, 1.807) is 4.90 Å². The zero-order valence-corrected chi connectivity index (χ0v) is 13.5. The van der Waals surface area contributed by atoms with Crippen molar-refractivity contribution in [3.63, 3.8) is 0 Å². The van der Waals surface area contributed by atoms with Crippen LogP contribution in [0.2, 0.25) is 0 Å². The molecule has 0 N–H and O–H groups in total. The summed E-state index contributed by atoms with van der Waals surface area (Å²) < 4.78 is 6.05. The molecule has 1 heterocycles. The Morgan fingerprint density at radius 3 is 2.56 bits per heavy atom. The molecule has 18 heavy (non-hydrogen) atoms. The fourth-order valence-corrected chi connectivity index (χ4v) is 2.57. The van der Waals surface area contributed by atoms with Crippen LogP contribution < -0.4 is 0 Å². The zero-order chi connectivity index (χ0) is 13.9. The van der Waals surface area contributed by atoms with Gasteiger partial charge in [0.15, 0.2) is 5.78 Å². The van der Waals surface area contributed by atoms with Gasteiger partial charge in [-0.1, -0.05) is 13.3 Å². The summed E-state index contributed by atoms with van der Waals surface area (Å²) in [7, 11) is 0. The first-order chi connectivity index (χ1) is 8.26. The number of allylic oxidation sites excluding steroid dienone is 2. The molecule has 0 radical (unpaired) electrons. The van der Waals surface area contributed by atoms with Crippen LogP contribution in [0, 0.1) is 0 Å². The van der Waals surface area contributed by atoms with E-state index in [1.165, 1.54) is 0 Å². The number of Topliss-reactive ketones (excluding diaryl/α,β-unsaturated/α-hetero) is 1. The van der Waals surface area contributed by atoms with Crippen LogP contribution in [0.3, 0.4) is 0 Å². The van der Waals surface area contributed by atoms with E-state index in [4.69, 9.17) is 4.74 Å². The predicted octanol–water partition coefficient (Wildman–Crippen LogP) is 3.64. The lowest BCUT2D eigenvalue weighted by atomic mass is 10.1. The average Bonchev–Trinajstić information content (AvgIpc) is 2.22. The third-order valence-electron chi connectivity index (χ3n) is 2.49. The predicted molar refractivity (Wildman–Crippen MR) is 78.5 cm³/mol. The highest BCUT2D eigenvalue weighted by Gasteiger charge is 2.31. The molecule has 102 valence electrons. The smallest absolute Gasteiger partial charge is 0.414 e. The van der Waals surface area contributed by atoms with Crippen molar-refractivity contribution in [2.45, 2.75) is 52.6 Å². The molecule has 0 spiro atoms. The van der Waals surface area contributed by atoms with E-state index >= 15 is 0 Å². The van der Waals surface area contributed by atoms with Gasteiger partial charge >= 0.3 is 6.09 Å². The number of ether oxygens (including phenoxy) is 1. The van der Waals surface area contributed by atoms with E-state index < -0.39 is 5.60 Å². The minimum atomic E-state index is -0.513. The van der Waals surface area contributed by atoms with Gasteiger partial charge in [-0.2, -0.15) is 0 Å². The number of amides is 1. The molecule has 1 aliphatic rings. The first-order valence-electron chi connectivity index (χ1n) is 6.18. The Kier molecular flexibility index (Phi) is 5.19. The molecular formula is C13H20INO3. The molecule has 5 heteroatoms. The maximum atomic E-state index is 12.1. The quantitative estimate of drug-likeness (QED) is 0.702. The fourth-order valence-electron chi connectivity index (χ4n) is 1.74. The molecule has 1 amide bonds. The topological polar surface area (TPSA) is 46.6 Å². The van der Waals surface area contributed by atoms with Crippen LogP contribution in [0.25, 0.3) is 0 Å². The lowest BCUT2D eigenvalue weighted by Gasteiger charge is -2.32. The molecule has 0 unspecified atom stereocenters. The summed E-state index contributed by atoms with van der Waals surface area (Å²) in [6, 6.07) is 0. The number of nitrogens with zero attached hydrogens (tertiary/aromatic N) is 1. The Labute approximate surface area is 122 Å². The zero-order valence-electron chi connectivity index (χ0n) is 11.4. The summed E-state index contributed by atoms with van der Waals surface area (Å²) in [6.07, 6.45) is 1.65. The summed E-state index contributed by atoms with van der Waals surface area (Å²) in [5, 5.41) is 0. The highest BCUT2D eigenvalue weighted by Crippen LogP contribution is 2.29. The van der Waals surface area contributed by atoms with E-state index in [9.17, 15) is 9.59 Å². The molecule has 0 atom stereocenters. The molecule has 0 saturated carbocycles. The highest BCUT2D eigenvalue weighted by atomic mass is 127. The van der Waals surface area contributed by atoms with Crippen LogP contribution in [0.1, 0.15) is 47.0 Å². The summed E-state index contributed by atoms with van der Waals surface area (Å²) in [5.41, 5.74) is 0.296. The molecule has 0 bridgehead atoms. The largest absolute Gasteiger partial charge is 0.443 e. The average molecular weight is 365 g/mol. The second kappa shape index (κ2) is 6.04. The third kappa shape index (κ3) is 3.96. The molecule has 0 fully saturated rings. The van der Waals surface area contributed by atoms with Crippen LogP contribution in [-0.4, -0.2) is 28.9 Å². The van der Waals surface area contributed by atoms with Crippen molar-refractivity contribution < 1.29 is 14.3 Å². The SMILES string of the molecule is CCCC1=C(I)C(=O)CCN1C(=O)OC(C)(C)C. The van der Waals surface area contributed by atoms with Crippen molar-refractivity contribution in [1.29, 1.82) is 0 Å². The number of halogens is 1. The van der Waals surface area contributed by atoms with Gasteiger partial charge < -0.3 is 4.74 Å². The van der Waals surface area contributed by atoms with Crippen molar-refractivity contribution >= 4 is 34.5 Å². The molecule has 0 aromatic carbocycles. The summed E-state index contributed by atoms with van der Waals surface area (Å²) >= 11 is 2.03. The van der Waals surface area contributed by atoms with E-state index in [0.29, 0.717) is 16.5 Å². The molecule has 1 rings (SSSR count). The van der Waals surface area contributed by atoms with Gasteiger partial charge in [-0.3, -0.25) is 9.69 Å². The number of ketones is 1. The minimum absolute atomic E-state index is 0.124. The lowest BCUT2D eigenvalue weighted by Crippen LogP contribution is -2.40. The standard InChI is InChI=1S/C13H20INO3/c1-5-6-9-11(14)10(16)7-8-15(9)12(17)18-13(2,3)4/h5-8H2,1-4H3. The lowest BCUT2D eigenvalue weighted by molar-refractivity contribution is -0.115. The molecule has 4 nitrogen and oxygen atoms in total. The molecule has 0 saturated heterocycles. The monoisotopic (exact) mass is 365 g/mol. The number of rotatable bonds is 2. The number of carbonyl (C=O) groups excluding carboxylic acids is 2. The Bertz CT molecular complexity index is 382. The van der Waals surface area contributed by atoms with Gasteiger partial charge in [-0.25, -0.2) is 4.79 Å². The minimum Gasteiger partial charge on any atom is -0.443 e. The Balaban J connectivity index is 2.93. The normalized spacial score (nSPS) is 17.2.